The van der Waals surface area contributed by atoms with Gasteiger partial charge in [0, 0.05) is 11.3 Å². The summed E-state index contributed by atoms with van der Waals surface area (Å²) in [6, 6.07) is 19.8. The van der Waals surface area contributed by atoms with E-state index in [0.29, 0.717) is 27.6 Å². The van der Waals surface area contributed by atoms with Crippen LogP contribution in [0.1, 0.15) is 28.8 Å². The summed E-state index contributed by atoms with van der Waals surface area (Å²) in [7, 11) is 0. The molecule has 6 nitrogen and oxygen atoms in total. The van der Waals surface area contributed by atoms with Crippen molar-refractivity contribution in [3.8, 4) is 16.9 Å². The molecule has 3 aromatic rings. The Labute approximate surface area is 197 Å². The molecular weight excluding hydrogens is 440 g/mol. The highest BCUT2D eigenvalue weighted by molar-refractivity contribution is 6.32. The molecule has 3 N–H and O–H groups in total. The number of para-hydroxylation sites is 1. The Morgan fingerprint density at radius 1 is 1.00 bits per heavy atom. The number of aliphatic carboxylic acids is 1. The van der Waals surface area contributed by atoms with Crippen LogP contribution >= 0.6 is 11.6 Å². The number of rotatable bonds is 7. The lowest BCUT2D eigenvalue weighted by Crippen LogP contribution is -2.34. The lowest BCUT2D eigenvalue weighted by molar-refractivity contribution is -0.136. The molecule has 0 bridgehead atoms. The van der Waals surface area contributed by atoms with Gasteiger partial charge in [0.2, 0.25) is 0 Å². The first-order chi connectivity index (χ1) is 16.0. The zero-order valence-corrected chi connectivity index (χ0v) is 18.8. The summed E-state index contributed by atoms with van der Waals surface area (Å²) in [6.45, 7) is 1.85. The molecule has 0 unspecified atom stereocenters. The van der Waals surface area contributed by atoms with Crippen molar-refractivity contribution in [2.45, 2.75) is 25.4 Å². The molecular formula is C26H25ClN2O4. The number of benzene rings is 3. The van der Waals surface area contributed by atoms with Crippen molar-refractivity contribution >= 4 is 29.2 Å². The Bertz CT molecular complexity index is 1160. The van der Waals surface area contributed by atoms with Gasteiger partial charge < -0.3 is 20.5 Å². The lowest BCUT2D eigenvalue weighted by atomic mass is 10.0. The van der Waals surface area contributed by atoms with Crippen LogP contribution in [-0.2, 0) is 11.2 Å². The van der Waals surface area contributed by atoms with Crippen LogP contribution in [0.2, 0.25) is 5.02 Å². The molecule has 0 spiro atoms. The van der Waals surface area contributed by atoms with Crippen LogP contribution in [0.25, 0.3) is 11.1 Å². The van der Waals surface area contributed by atoms with Crippen LogP contribution in [0.4, 0.5) is 5.69 Å². The van der Waals surface area contributed by atoms with Crippen LogP contribution in [0.3, 0.4) is 0 Å². The number of anilines is 1. The molecule has 1 saturated heterocycles. The van der Waals surface area contributed by atoms with Gasteiger partial charge in [-0.15, -0.1) is 0 Å². The normalized spacial score (nSPS) is 14.0. The van der Waals surface area contributed by atoms with Gasteiger partial charge in [0.1, 0.15) is 11.9 Å². The molecule has 1 amide bonds. The van der Waals surface area contributed by atoms with E-state index in [4.69, 9.17) is 21.4 Å². The molecule has 33 heavy (non-hydrogen) atoms. The summed E-state index contributed by atoms with van der Waals surface area (Å²) in [5.41, 5.74) is 3.25. The minimum absolute atomic E-state index is 0.127. The minimum atomic E-state index is -0.955. The zero-order valence-electron chi connectivity index (χ0n) is 18.0. The average Bonchev–Trinajstić information content (AvgIpc) is 2.82. The maximum absolute atomic E-state index is 12.9. The molecule has 1 aliphatic heterocycles. The summed E-state index contributed by atoms with van der Waals surface area (Å²) in [5.74, 6) is -0.628. The fourth-order valence-corrected chi connectivity index (χ4v) is 4.02. The van der Waals surface area contributed by atoms with Crippen molar-refractivity contribution in [1.29, 1.82) is 0 Å². The van der Waals surface area contributed by atoms with E-state index in [2.05, 4.69) is 10.6 Å². The number of carboxylic acids is 1. The topological polar surface area (TPSA) is 87.7 Å². The molecule has 170 valence electrons. The Morgan fingerprint density at radius 2 is 1.76 bits per heavy atom. The van der Waals surface area contributed by atoms with Crippen LogP contribution in [0.15, 0.2) is 66.7 Å². The largest absolute Gasteiger partial charge is 0.489 e. The third kappa shape index (κ3) is 5.92. The van der Waals surface area contributed by atoms with Gasteiger partial charge in [-0.2, -0.15) is 0 Å². The Kier molecular flexibility index (Phi) is 7.27. The number of piperidine rings is 1. The van der Waals surface area contributed by atoms with Crippen molar-refractivity contribution < 1.29 is 19.4 Å². The molecule has 0 aromatic heterocycles. The maximum Gasteiger partial charge on any atom is 0.307 e. The number of carboxylic acid groups (broad SMARTS) is 1. The van der Waals surface area contributed by atoms with Crippen molar-refractivity contribution in [3.63, 3.8) is 0 Å². The van der Waals surface area contributed by atoms with Gasteiger partial charge in [0.25, 0.3) is 5.91 Å². The van der Waals surface area contributed by atoms with E-state index < -0.39 is 5.97 Å². The molecule has 0 aliphatic carbocycles. The smallest absolute Gasteiger partial charge is 0.307 e. The third-order valence-corrected chi connectivity index (χ3v) is 5.89. The van der Waals surface area contributed by atoms with Crippen molar-refractivity contribution in [3.05, 3.63) is 82.9 Å². The molecule has 1 heterocycles. The van der Waals surface area contributed by atoms with E-state index in [1.54, 1.807) is 36.4 Å². The van der Waals surface area contributed by atoms with Gasteiger partial charge in [-0.3, -0.25) is 9.59 Å². The highest BCUT2D eigenvalue weighted by Crippen LogP contribution is 2.32. The van der Waals surface area contributed by atoms with E-state index >= 15 is 0 Å². The van der Waals surface area contributed by atoms with Crippen LogP contribution in [0, 0.1) is 0 Å². The Balaban J connectivity index is 1.54. The molecule has 0 saturated carbocycles. The van der Waals surface area contributed by atoms with E-state index in [1.165, 1.54) is 0 Å². The van der Waals surface area contributed by atoms with E-state index in [9.17, 15) is 9.59 Å². The summed E-state index contributed by atoms with van der Waals surface area (Å²) in [6.07, 6.45) is 1.82. The zero-order chi connectivity index (χ0) is 23.2. The summed E-state index contributed by atoms with van der Waals surface area (Å²) < 4.78 is 6.15. The second-order valence-corrected chi connectivity index (χ2v) is 8.38. The minimum Gasteiger partial charge on any atom is -0.489 e. The molecule has 3 aromatic carbocycles. The number of amides is 1. The summed E-state index contributed by atoms with van der Waals surface area (Å²) >= 11 is 6.38. The van der Waals surface area contributed by atoms with Gasteiger partial charge in [0.05, 0.1) is 11.4 Å². The van der Waals surface area contributed by atoms with Gasteiger partial charge in [0.15, 0.2) is 0 Å². The number of nitrogens with one attached hydrogen (secondary N) is 2. The first-order valence-electron chi connectivity index (χ1n) is 10.9. The van der Waals surface area contributed by atoms with E-state index in [-0.39, 0.29) is 18.4 Å². The summed E-state index contributed by atoms with van der Waals surface area (Å²) in [5, 5.41) is 15.8. The Morgan fingerprint density at radius 3 is 2.55 bits per heavy atom. The highest BCUT2D eigenvalue weighted by Gasteiger charge is 2.17. The fourth-order valence-electron chi connectivity index (χ4n) is 3.86. The van der Waals surface area contributed by atoms with Crippen LogP contribution in [-0.4, -0.2) is 36.2 Å². The van der Waals surface area contributed by atoms with Crippen molar-refractivity contribution in [2.75, 3.05) is 18.4 Å². The predicted molar refractivity (Wildman–Crippen MR) is 129 cm³/mol. The number of halogens is 1. The highest BCUT2D eigenvalue weighted by atomic mass is 35.5. The van der Waals surface area contributed by atoms with Crippen LogP contribution in [0.5, 0.6) is 5.75 Å². The molecule has 1 aliphatic rings. The lowest BCUT2D eigenvalue weighted by Gasteiger charge is -2.24. The van der Waals surface area contributed by atoms with Gasteiger partial charge in [-0.1, -0.05) is 48.0 Å². The number of carbonyl (C=O) groups is 2. The molecule has 0 radical (unpaired) electrons. The molecule has 4 rings (SSSR count). The quantitative estimate of drug-likeness (QED) is 0.457. The monoisotopic (exact) mass is 464 g/mol. The van der Waals surface area contributed by atoms with Crippen molar-refractivity contribution in [2.24, 2.45) is 0 Å². The Hall–Kier alpha value is -3.35. The predicted octanol–water partition coefficient (Wildman–Crippen LogP) is 5.02. The average molecular weight is 465 g/mol. The SMILES string of the molecule is O=C(O)Cc1ccccc1NC(=O)c1cccc(-c2ccc(Cl)c(OC3CCNCC3)c2)c1. The van der Waals surface area contributed by atoms with Gasteiger partial charge in [-0.25, -0.2) is 0 Å². The second-order valence-electron chi connectivity index (χ2n) is 7.98. The molecule has 7 heteroatoms. The standard InChI is InChI=1S/C26H25ClN2O4/c27-22-9-8-18(15-24(22)33-21-10-12-28-13-11-21)17-5-3-6-20(14-17)26(32)29-23-7-2-1-4-19(23)16-25(30)31/h1-9,14-15,21,28H,10-13,16H2,(H,29,32)(H,30,31). The van der Waals surface area contributed by atoms with E-state index in [0.717, 1.165) is 37.1 Å². The number of hydrogen-bond acceptors (Lipinski definition) is 4. The molecule has 1 fully saturated rings. The number of hydrogen-bond donors (Lipinski definition) is 3. The molecule has 0 atom stereocenters. The third-order valence-electron chi connectivity index (χ3n) is 5.58. The first kappa shape index (κ1) is 22.8. The second kappa shape index (κ2) is 10.5. The number of carbonyl (C=O) groups excluding carboxylic acids is 1. The summed E-state index contributed by atoms with van der Waals surface area (Å²) in [4.78, 5) is 24.0. The van der Waals surface area contributed by atoms with Crippen LogP contribution < -0.4 is 15.4 Å². The van der Waals surface area contributed by atoms with E-state index in [1.807, 2.05) is 30.3 Å². The van der Waals surface area contributed by atoms with Gasteiger partial charge in [-0.05, 0) is 73.0 Å². The fraction of sp³-hybridized carbons (Fsp3) is 0.231. The van der Waals surface area contributed by atoms with Gasteiger partial charge >= 0.3 is 5.97 Å². The number of ether oxygens (including phenoxy) is 1. The first-order valence-corrected chi connectivity index (χ1v) is 11.3. The van der Waals surface area contributed by atoms with Crippen molar-refractivity contribution in [1.82, 2.24) is 5.32 Å². The maximum atomic E-state index is 12.9.